The van der Waals surface area contributed by atoms with Crippen LogP contribution in [0.25, 0.3) is 0 Å². The number of hydrogen-bond donors (Lipinski definition) is 0. The van der Waals surface area contributed by atoms with Gasteiger partial charge in [-0.05, 0) is 13.5 Å². The zero-order valence-electron chi connectivity index (χ0n) is 5.01. The molecule has 0 atom stereocenters. The lowest BCUT2D eigenvalue weighted by atomic mass is 10.7. The molecule has 0 spiro atoms. The van der Waals surface area contributed by atoms with E-state index in [2.05, 4.69) is 0 Å². The Balaban J connectivity index is 4.40. The van der Waals surface area contributed by atoms with E-state index in [4.69, 9.17) is 22.2 Å². The van der Waals surface area contributed by atoms with Gasteiger partial charge in [-0.15, -0.1) is 22.2 Å². The molecular formula is C4H6Cl2F2Si. The Bertz CT molecular complexity index is 134. The van der Waals surface area contributed by atoms with Crippen LogP contribution in [0.15, 0.2) is 11.3 Å². The first kappa shape index (κ1) is 9.40. The van der Waals surface area contributed by atoms with Crippen molar-refractivity contribution in [2.45, 2.75) is 13.5 Å². The standard InChI is InChI=1S/C4H6Cl2F2Si/c1-3(4(7)8)9(2,5)6/h1-2H3. The quantitative estimate of drug-likeness (QED) is 0.440. The van der Waals surface area contributed by atoms with Crippen molar-refractivity contribution in [3.05, 3.63) is 11.3 Å². The monoisotopic (exact) mass is 190 g/mol. The van der Waals surface area contributed by atoms with E-state index in [0.717, 1.165) is 0 Å². The van der Waals surface area contributed by atoms with Gasteiger partial charge in [-0.25, -0.2) is 0 Å². The highest BCUT2D eigenvalue weighted by Gasteiger charge is 2.27. The summed E-state index contributed by atoms with van der Waals surface area (Å²) in [6, 6.07) is 0. The average Bonchev–Trinajstić information content (AvgIpc) is 1.62. The van der Waals surface area contributed by atoms with Crippen LogP contribution in [0.2, 0.25) is 6.55 Å². The fourth-order valence-corrected chi connectivity index (χ4v) is 0.926. The number of rotatable bonds is 1. The van der Waals surface area contributed by atoms with E-state index in [9.17, 15) is 8.78 Å². The van der Waals surface area contributed by atoms with Gasteiger partial charge in [0.15, 0.2) is 0 Å². The first-order valence-corrected chi connectivity index (χ1v) is 6.78. The summed E-state index contributed by atoms with van der Waals surface area (Å²) in [6.45, 7) is -0.0629. The van der Waals surface area contributed by atoms with Crippen molar-refractivity contribution in [1.82, 2.24) is 0 Å². The summed E-state index contributed by atoms with van der Waals surface area (Å²) in [7, 11) is 0. The molecule has 0 saturated heterocycles. The van der Waals surface area contributed by atoms with Gasteiger partial charge in [-0.3, -0.25) is 0 Å². The molecule has 0 unspecified atom stereocenters. The van der Waals surface area contributed by atoms with Crippen molar-refractivity contribution < 1.29 is 8.78 Å². The summed E-state index contributed by atoms with van der Waals surface area (Å²) in [6.07, 6.45) is -1.76. The molecule has 0 aliphatic rings. The molecule has 54 valence electrons. The Morgan fingerprint density at radius 2 is 1.67 bits per heavy atom. The molecule has 0 N–H and O–H groups in total. The van der Waals surface area contributed by atoms with E-state index >= 15 is 0 Å². The van der Waals surface area contributed by atoms with Crippen LogP contribution in [-0.4, -0.2) is 6.69 Å². The summed E-state index contributed by atoms with van der Waals surface area (Å²) in [5, 5.41) is -0.161. The van der Waals surface area contributed by atoms with Crippen LogP contribution >= 0.6 is 22.2 Å². The van der Waals surface area contributed by atoms with Gasteiger partial charge >= 0.3 is 0 Å². The minimum absolute atomic E-state index is 0.161. The highest BCUT2D eigenvalue weighted by molar-refractivity contribution is 7.47. The predicted molar refractivity (Wildman–Crippen MR) is 38.2 cm³/mol. The normalized spacial score (nSPS) is 11.3. The Morgan fingerprint density at radius 3 is 1.67 bits per heavy atom. The van der Waals surface area contributed by atoms with Crippen molar-refractivity contribution in [2.24, 2.45) is 0 Å². The Labute approximate surface area is 62.9 Å². The highest BCUT2D eigenvalue weighted by Crippen LogP contribution is 2.26. The fraction of sp³-hybridized carbons (Fsp3) is 0.500. The molecule has 0 aromatic rings. The average molecular weight is 191 g/mol. The van der Waals surface area contributed by atoms with Crippen molar-refractivity contribution >= 4 is 28.9 Å². The first-order chi connectivity index (χ1) is 3.85. The third-order valence-electron chi connectivity index (χ3n) is 0.942. The van der Waals surface area contributed by atoms with E-state index < -0.39 is 12.8 Å². The van der Waals surface area contributed by atoms with Crippen molar-refractivity contribution in [3.8, 4) is 0 Å². The molecule has 0 aromatic carbocycles. The molecule has 5 heteroatoms. The lowest BCUT2D eigenvalue weighted by Gasteiger charge is -2.07. The van der Waals surface area contributed by atoms with Gasteiger partial charge in [-0.1, -0.05) is 0 Å². The minimum atomic E-state index is -2.75. The maximum atomic E-state index is 11.7. The molecule has 0 bridgehead atoms. The van der Waals surface area contributed by atoms with E-state index in [1.54, 1.807) is 0 Å². The highest BCUT2D eigenvalue weighted by atomic mass is 35.7. The fourth-order valence-electron chi connectivity index (χ4n) is 0.166. The summed E-state index contributed by atoms with van der Waals surface area (Å²) in [5.41, 5.74) is 0. The number of hydrogen-bond acceptors (Lipinski definition) is 0. The van der Waals surface area contributed by atoms with Gasteiger partial charge in [0.25, 0.3) is 12.8 Å². The van der Waals surface area contributed by atoms with Crippen molar-refractivity contribution in [1.29, 1.82) is 0 Å². The topological polar surface area (TPSA) is 0 Å². The summed E-state index contributed by atoms with van der Waals surface area (Å²) >= 11 is 10.9. The Kier molecular flexibility index (Phi) is 3.12. The second-order valence-corrected chi connectivity index (χ2v) is 9.42. The van der Waals surface area contributed by atoms with Crippen LogP contribution in [0.1, 0.15) is 6.92 Å². The van der Waals surface area contributed by atoms with Crippen LogP contribution in [0.3, 0.4) is 0 Å². The SMILES string of the molecule is CC(=C(F)F)[Si](C)(Cl)Cl. The Hall–Kier alpha value is 0.397. The zero-order chi connectivity index (χ0) is 7.65. The first-order valence-electron chi connectivity index (χ1n) is 2.26. The smallest absolute Gasteiger partial charge is 0.174 e. The van der Waals surface area contributed by atoms with Crippen LogP contribution in [0.5, 0.6) is 0 Å². The van der Waals surface area contributed by atoms with Gasteiger partial charge in [0.2, 0.25) is 0 Å². The number of halogens is 4. The van der Waals surface area contributed by atoms with E-state index in [-0.39, 0.29) is 5.20 Å². The molecule has 0 aromatic heterocycles. The lowest BCUT2D eigenvalue weighted by molar-refractivity contribution is 0.417. The molecule has 0 rings (SSSR count). The molecule has 0 radical (unpaired) electrons. The van der Waals surface area contributed by atoms with Crippen LogP contribution in [0, 0.1) is 0 Å². The van der Waals surface area contributed by atoms with Crippen LogP contribution in [-0.2, 0) is 0 Å². The molecule has 0 saturated carbocycles. The van der Waals surface area contributed by atoms with Gasteiger partial charge in [0, 0.05) is 5.20 Å². The number of allylic oxidation sites excluding steroid dienone is 1. The molecule has 0 heterocycles. The molecule has 0 aliphatic carbocycles. The van der Waals surface area contributed by atoms with Gasteiger partial charge in [0.05, 0.1) is 0 Å². The maximum absolute atomic E-state index is 11.7. The van der Waals surface area contributed by atoms with Crippen molar-refractivity contribution in [3.63, 3.8) is 0 Å². The molecule has 9 heavy (non-hydrogen) atoms. The lowest BCUT2D eigenvalue weighted by Crippen LogP contribution is -2.15. The van der Waals surface area contributed by atoms with Crippen LogP contribution in [0.4, 0.5) is 8.78 Å². The third kappa shape index (κ3) is 3.18. The minimum Gasteiger partial charge on any atom is -0.174 e. The maximum Gasteiger partial charge on any atom is 0.278 e. The van der Waals surface area contributed by atoms with Gasteiger partial charge in [-0.2, -0.15) is 8.78 Å². The largest absolute Gasteiger partial charge is 0.278 e. The van der Waals surface area contributed by atoms with E-state index in [1.165, 1.54) is 13.5 Å². The summed E-state index contributed by atoms with van der Waals surface area (Å²) in [5.74, 6) is 0. The molecule has 0 amide bonds. The second-order valence-electron chi connectivity index (χ2n) is 1.77. The van der Waals surface area contributed by atoms with Crippen LogP contribution < -0.4 is 0 Å². The molecule has 0 aliphatic heterocycles. The summed E-state index contributed by atoms with van der Waals surface area (Å²) in [4.78, 5) is 0. The van der Waals surface area contributed by atoms with Gasteiger partial charge < -0.3 is 0 Å². The third-order valence-corrected chi connectivity index (χ3v) is 4.15. The van der Waals surface area contributed by atoms with Crippen molar-refractivity contribution in [2.75, 3.05) is 0 Å². The zero-order valence-corrected chi connectivity index (χ0v) is 7.52. The van der Waals surface area contributed by atoms with Gasteiger partial charge in [0.1, 0.15) is 0 Å². The second kappa shape index (κ2) is 2.99. The predicted octanol–water partition coefficient (Wildman–Crippen LogP) is 3.25. The molecular weight excluding hydrogens is 185 g/mol. The Morgan fingerprint density at radius 1 is 1.33 bits per heavy atom. The molecule has 0 fully saturated rings. The summed E-state index contributed by atoms with van der Waals surface area (Å²) < 4.78 is 23.3. The molecule has 0 nitrogen and oxygen atoms in total. The van der Waals surface area contributed by atoms with E-state index in [1.807, 2.05) is 0 Å². The van der Waals surface area contributed by atoms with E-state index in [0.29, 0.717) is 0 Å².